The van der Waals surface area contributed by atoms with Crippen molar-refractivity contribution in [1.29, 1.82) is 0 Å². The van der Waals surface area contributed by atoms with Gasteiger partial charge in [0, 0.05) is 12.6 Å². The highest BCUT2D eigenvalue weighted by molar-refractivity contribution is 5.76. The highest BCUT2D eigenvalue weighted by Gasteiger charge is 2.33. The van der Waals surface area contributed by atoms with Gasteiger partial charge >= 0.3 is 0 Å². The summed E-state index contributed by atoms with van der Waals surface area (Å²) in [6.45, 7) is 0.00648. The Morgan fingerprint density at radius 2 is 2.00 bits per heavy atom. The van der Waals surface area contributed by atoms with Gasteiger partial charge in [-0.2, -0.15) is 0 Å². The lowest BCUT2D eigenvalue weighted by atomic mass is 9.96. The number of hydrogen-bond acceptors (Lipinski definition) is 5. The average Bonchev–Trinajstić information content (AvgIpc) is 3.23. The molecule has 0 spiro atoms. The summed E-state index contributed by atoms with van der Waals surface area (Å²) in [7, 11) is 0. The maximum Gasteiger partial charge on any atom is 0.165 e. The van der Waals surface area contributed by atoms with Crippen LogP contribution < -0.4 is 0 Å². The highest BCUT2D eigenvalue weighted by Crippen LogP contribution is 2.32. The molecule has 3 aromatic rings. The molecule has 0 fully saturated rings. The molecule has 0 saturated carbocycles. The zero-order chi connectivity index (χ0) is 15.7. The number of aliphatic imine (C=N–C) groups is 1. The lowest BCUT2D eigenvalue weighted by molar-refractivity contribution is 0.279. The number of aromatic nitrogens is 4. The summed E-state index contributed by atoms with van der Waals surface area (Å²) in [5, 5.41) is 9.58. The second-order valence-electron chi connectivity index (χ2n) is 5.47. The molecule has 0 amide bonds. The zero-order valence-electron chi connectivity index (χ0n) is 12.4. The molecule has 1 unspecified atom stereocenters. The van der Waals surface area contributed by atoms with Crippen LogP contribution in [-0.2, 0) is 18.7 Å². The molecule has 3 heterocycles. The molecule has 0 radical (unpaired) electrons. The van der Waals surface area contributed by atoms with Crippen LogP contribution >= 0.6 is 0 Å². The molecule has 1 aromatic carbocycles. The molecular formula is C17H15N5O. The van der Waals surface area contributed by atoms with Gasteiger partial charge in [-0.15, -0.1) is 0 Å². The number of nitrogens with zero attached hydrogens (tertiary/aromatic N) is 5. The third-order valence-corrected chi connectivity index (χ3v) is 4.12. The molecular weight excluding hydrogens is 290 g/mol. The van der Waals surface area contributed by atoms with Crippen LogP contribution in [0.2, 0.25) is 0 Å². The molecule has 6 nitrogen and oxygen atoms in total. The molecule has 23 heavy (non-hydrogen) atoms. The van der Waals surface area contributed by atoms with Crippen molar-refractivity contribution in [2.75, 3.05) is 0 Å². The number of allylic oxidation sites excluding steroid dienone is 1. The van der Waals surface area contributed by atoms with E-state index in [4.69, 9.17) is 0 Å². The first kappa shape index (κ1) is 13.8. The van der Waals surface area contributed by atoms with Crippen LogP contribution in [0.25, 0.3) is 11.2 Å². The number of imidazole rings is 1. The van der Waals surface area contributed by atoms with Gasteiger partial charge in [-0.3, -0.25) is 9.56 Å². The van der Waals surface area contributed by atoms with E-state index in [-0.39, 0.29) is 6.61 Å². The Kier molecular flexibility index (Phi) is 3.24. The monoisotopic (exact) mass is 305 g/mol. The molecule has 0 aliphatic carbocycles. The molecule has 0 bridgehead atoms. The molecule has 2 aromatic heterocycles. The molecule has 6 heteroatoms. The number of hydrogen-bond donors (Lipinski definition) is 1. The molecule has 1 N–H and O–H groups in total. The van der Waals surface area contributed by atoms with Gasteiger partial charge in [0.2, 0.25) is 0 Å². The predicted octanol–water partition coefficient (Wildman–Crippen LogP) is 1.85. The van der Waals surface area contributed by atoms with Crippen molar-refractivity contribution in [2.24, 2.45) is 4.99 Å². The predicted molar refractivity (Wildman–Crippen MR) is 87.0 cm³/mol. The summed E-state index contributed by atoms with van der Waals surface area (Å²) < 4.78 is 1.96. The summed E-state index contributed by atoms with van der Waals surface area (Å²) in [5.74, 6) is 0. The van der Waals surface area contributed by atoms with Crippen molar-refractivity contribution < 1.29 is 5.11 Å². The zero-order valence-corrected chi connectivity index (χ0v) is 12.4. The Hall–Kier alpha value is -2.86. The smallest absolute Gasteiger partial charge is 0.165 e. The number of aliphatic hydroxyl groups is 1. The van der Waals surface area contributed by atoms with E-state index in [1.807, 2.05) is 41.0 Å². The molecule has 1 atom stereocenters. The fourth-order valence-electron chi connectivity index (χ4n) is 2.96. The van der Waals surface area contributed by atoms with Crippen molar-refractivity contribution >= 4 is 17.4 Å². The number of aliphatic hydroxyl groups excluding tert-OH is 1. The topological polar surface area (TPSA) is 76.2 Å². The fourth-order valence-corrected chi connectivity index (χ4v) is 2.96. The SMILES string of the molecule is OCc1ccccc1CC1(n2cnc3cncnc32)C=CC=N1. The largest absolute Gasteiger partial charge is 0.392 e. The average molecular weight is 305 g/mol. The Morgan fingerprint density at radius 1 is 1.13 bits per heavy atom. The third kappa shape index (κ3) is 2.24. The van der Waals surface area contributed by atoms with E-state index < -0.39 is 5.66 Å². The van der Waals surface area contributed by atoms with Crippen LogP contribution in [0.4, 0.5) is 0 Å². The van der Waals surface area contributed by atoms with Gasteiger partial charge in [-0.1, -0.05) is 24.3 Å². The van der Waals surface area contributed by atoms with Crippen molar-refractivity contribution in [1.82, 2.24) is 19.5 Å². The second kappa shape index (κ2) is 5.40. The first-order chi connectivity index (χ1) is 11.3. The Morgan fingerprint density at radius 3 is 2.78 bits per heavy atom. The van der Waals surface area contributed by atoms with Crippen molar-refractivity contribution in [3.63, 3.8) is 0 Å². The van der Waals surface area contributed by atoms with Gasteiger partial charge in [-0.25, -0.2) is 15.0 Å². The highest BCUT2D eigenvalue weighted by atomic mass is 16.3. The Bertz CT molecular complexity index is 900. The van der Waals surface area contributed by atoms with Crippen LogP contribution in [0, 0.1) is 0 Å². The van der Waals surface area contributed by atoms with E-state index >= 15 is 0 Å². The number of rotatable bonds is 4. The minimum absolute atomic E-state index is 0.00648. The number of benzene rings is 1. The summed E-state index contributed by atoms with van der Waals surface area (Å²) >= 11 is 0. The van der Waals surface area contributed by atoms with Crippen LogP contribution in [0.15, 0.2) is 60.3 Å². The Balaban J connectivity index is 1.84. The third-order valence-electron chi connectivity index (χ3n) is 4.12. The molecule has 1 aliphatic heterocycles. The summed E-state index contributed by atoms with van der Waals surface area (Å²) in [6.07, 6.45) is 11.3. The quantitative estimate of drug-likeness (QED) is 0.798. The van der Waals surface area contributed by atoms with E-state index in [2.05, 4.69) is 19.9 Å². The van der Waals surface area contributed by atoms with E-state index in [0.717, 1.165) is 22.3 Å². The Labute approximate surface area is 132 Å². The molecule has 4 rings (SSSR count). The van der Waals surface area contributed by atoms with Crippen molar-refractivity contribution in [3.8, 4) is 0 Å². The summed E-state index contributed by atoms with van der Waals surface area (Å²) in [4.78, 5) is 17.4. The first-order valence-electron chi connectivity index (χ1n) is 7.37. The first-order valence-corrected chi connectivity index (χ1v) is 7.37. The standard InChI is InChI=1S/C17H15N5O/c23-10-14-5-2-1-4-13(14)8-17(6-3-7-21-17)22-12-20-15-9-18-11-19-16(15)22/h1-7,9,11-12,23H,8,10H2. The lowest BCUT2D eigenvalue weighted by Crippen LogP contribution is -2.30. The fraction of sp³-hybridized carbons (Fsp3) is 0.176. The molecule has 114 valence electrons. The van der Waals surface area contributed by atoms with Gasteiger partial charge in [0.1, 0.15) is 11.8 Å². The van der Waals surface area contributed by atoms with Crippen LogP contribution in [0.3, 0.4) is 0 Å². The van der Waals surface area contributed by atoms with Crippen molar-refractivity contribution in [2.45, 2.75) is 18.7 Å². The minimum Gasteiger partial charge on any atom is -0.392 e. The lowest BCUT2D eigenvalue weighted by Gasteiger charge is -2.27. The second-order valence-corrected chi connectivity index (χ2v) is 5.47. The normalized spacial score (nSPS) is 19.7. The van der Waals surface area contributed by atoms with Crippen LogP contribution in [0.5, 0.6) is 0 Å². The van der Waals surface area contributed by atoms with Crippen LogP contribution in [0.1, 0.15) is 11.1 Å². The maximum atomic E-state index is 9.58. The van der Waals surface area contributed by atoms with E-state index in [1.54, 1.807) is 18.7 Å². The van der Waals surface area contributed by atoms with Gasteiger partial charge in [0.05, 0.1) is 19.1 Å². The van der Waals surface area contributed by atoms with Gasteiger partial charge in [-0.05, 0) is 23.3 Å². The summed E-state index contributed by atoms with van der Waals surface area (Å²) in [5.41, 5.74) is 2.81. The van der Waals surface area contributed by atoms with Crippen molar-refractivity contribution in [3.05, 3.63) is 66.4 Å². The van der Waals surface area contributed by atoms with Gasteiger partial charge in [0.25, 0.3) is 0 Å². The van der Waals surface area contributed by atoms with Gasteiger partial charge in [0.15, 0.2) is 11.3 Å². The van der Waals surface area contributed by atoms with E-state index in [1.165, 1.54) is 6.33 Å². The number of fused-ring (bicyclic) bond motifs is 1. The van der Waals surface area contributed by atoms with E-state index in [9.17, 15) is 5.11 Å². The van der Waals surface area contributed by atoms with Crippen LogP contribution in [-0.4, -0.2) is 30.8 Å². The molecule has 0 saturated heterocycles. The minimum atomic E-state index is -0.617. The maximum absolute atomic E-state index is 9.58. The summed E-state index contributed by atoms with van der Waals surface area (Å²) in [6, 6.07) is 7.84. The molecule has 1 aliphatic rings. The van der Waals surface area contributed by atoms with Gasteiger partial charge < -0.3 is 5.11 Å². The van der Waals surface area contributed by atoms with E-state index in [0.29, 0.717) is 6.42 Å².